The van der Waals surface area contributed by atoms with E-state index in [1.807, 2.05) is 6.92 Å². The minimum absolute atomic E-state index is 0.00975. The molecule has 0 radical (unpaired) electrons. The number of carbonyl (C=O) groups excluding carboxylic acids is 2. The number of nitrogens with one attached hydrogen (secondary N) is 1. The number of carbonyl (C=O) groups is 2. The van der Waals surface area contributed by atoms with Gasteiger partial charge in [-0.2, -0.15) is 12.7 Å². The van der Waals surface area contributed by atoms with Crippen molar-refractivity contribution in [3.8, 4) is 0 Å². The first-order valence-electron chi connectivity index (χ1n) is 11.3. The van der Waals surface area contributed by atoms with Crippen LogP contribution in [-0.2, 0) is 26.3 Å². The molecule has 0 spiro atoms. The molecule has 0 saturated carbocycles. The normalized spacial score (nSPS) is 12.3. The van der Waals surface area contributed by atoms with Crippen molar-refractivity contribution in [3.63, 3.8) is 0 Å². The topological polar surface area (TPSA) is 90.0 Å². The van der Waals surface area contributed by atoms with Crippen LogP contribution in [0.3, 0.4) is 0 Å². The van der Waals surface area contributed by atoms with E-state index >= 15 is 0 Å². The third kappa shape index (κ3) is 7.39. The van der Waals surface area contributed by atoms with Gasteiger partial charge in [-0.25, -0.2) is 8.70 Å². The monoisotopic (exact) mass is 526 g/mol. The van der Waals surface area contributed by atoms with Gasteiger partial charge in [0.2, 0.25) is 11.8 Å². The summed E-state index contributed by atoms with van der Waals surface area (Å²) in [5.74, 6) is -1.47. The third-order valence-electron chi connectivity index (χ3n) is 5.37. The second-order valence-electron chi connectivity index (χ2n) is 8.10. The Kier molecular flexibility index (Phi) is 10.5. The van der Waals surface area contributed by atoms with Gasteiger partial charge in [-0.3, -0.25) is 9.59 Å². The number of hydrogen-bond donors (Lipinski definition) is 1. The molecule has 0 aliphatic heterocycles. The average Bonchev–Trinajstić information content (AvgIpc) is 2.82. The van der Waals surface area contributed by atoms with E-state index in [1.165, 1.54) is 31.1 Å². The van der Waals surface area contributed by atoms with Gasteiger partial charge in [0.05, 0.1) is 5.69 Å². The van der Waals surface area contributed by atoms with E-state index < -0.39 is 34.5 Å². The number of nitrogens with zero attached hydrogens (tertiary/aromatic N) is 3. The fourth-order valence-corrected chi connectivity index (χ4v) is 4.67. The van der Waals surface area contributed by atoms with E-state index in [-0.39, 0.29) is 18.1 Å². The van der Waals surface area contributed by atoms with Gasteiger partial charge < -0.3 is 10.2 Å². The van der Waals surface area contributed by atoms with E-state index in [4.69, 9.17) is 11.6 Å². The molecule has 2 rings (SSSR count). The molecule has 1 unspecified atom stereocenters. The number of benzene rings is 2. The molecule has 0 aliphatic rings. The van der Waals surface area contributed by atoms with Gasteiger partial charge in [-0.1, -0.05) is 43.6 Å². The summed E-state index contributed by atoms with van der Waals surface area (Å²) in [5.41, 5.74) is 0.739. The highest BCUT2D eigenvalue weighted by Gasteiger charge is 2.33. The Morgan fingerprint density at radius 2 is 1.69 bits per heavy atom. The van der Waals surface area contributed by atoms with E-state index in [9.17, 15) is 22.4 Å². The van der Waals surface area contributed by atoms with E-state index in [1.54, 1.807) is 31.2 Å². The molecule has 0 fully saturated rings. The highest BCUT2D eigenvalue weighted by atomic mass is 35.5. The van der Waals surface area contributed by atoms with Crippen LogP contribution in [-0.4, -0.2) is 62.7 Å². The Morgan fingerprint density at radius 3 is 2.23 bits per heavy atom. The summed E-state index contributed by atoms with van der Waals surface area (Å²) in [6.45, 7) is 3.56. The maximum absolute atomic E-state index is 13.7. The number of rotatable bonds is 12. The molecule has 0 aromatic heterocycles. The first-order chi connectivity index (χ1) is 16.5. The van der Waals surface area contributed by atoms with Crippen LogP contribution < -0.4 is 9.62 Å². The molecular weight excluding hydrogens is 495 g/mol. The minimum atomic E-state index is -4.11. The van der Waals surface area contributed by atoms with Crippen molar-refractivity contribution in [2.24, 2.45) is 0 Å². The Bertz CT molecular complexity index is 1110. The molecule has 1 N–H and O–H groups in total. The van der Waals surface area contributed by atoms with Gasteiger partial charge in [-0.15, -0.1) is 0 Å². The van der Waals surface area contributed by atoms with Gasteiger partial charge in [0, 0.05) is 32.2 Å². The predicted octanol–water partition coefficient (Wildman–Crippen LogP) is 3.43. The molecule has 11 heteroatoms. The van der Waals surface area contributed by atoms with Gasteiger partial charge >= 0.3 is 10.2 Å². The molecule has 2 amide bonds. The van der Waals surface area contributed by atoms with Gasteiger partial charge in [0.15, 0.2) is 0 Å². The fraction of sp³-hybridized carbons (Fsp3) is 0.417. The Morgan fingerprint density at radius 1 is 1.06 bits per heavy atom. The van der Waals surface area contributed by atoms with Crippen LogP contribution >= 0.6 is 11.6 Å². The molecule has 0 aliphatic carbocycles. The van der Waals surface area contributed by atoms with E-state index in [2.05, 4.69) is 5.32 Å². The van der Waals surface area contributed by atoms with Crippen LogP contribution in [0, 0.1) is 5.82 Å². The highest BCUT2D eigenvalue weighted by Crippen LogP contribution is 2.23. The highest BCUT2D eigenvalue weighted by molar-refractivity contribution is 7.90. The fourth-order valence-electron chi connectivity index (χ4n) is 3.42. The van der Waals surface area contributed by atoms with Gasteiger partial charge in [0.25, 0.3) is 0 Å². The summed E-state index contributed by atoms with van der Waals surface area (Å²) in [4.78, 5) is 27.9. The predicted molar refractivity (Wildman–Crippen MR) is 136 cm³/mol. The van der Waals surface area contributed by atoms with Gasteiger partial charge in [-0.05, 0) is 48.7 Å². The average molecular weight is 527 g/mol. The van der Waals surface area contributed by atoms with Crippen molar-refractivity contribution < 1.29 is 22.4 Å². The van der Waals surface area contributed by atoms with Crippen LogP contribution in [0.5, 0.6) is 0 Å². The third-order valence-corrected chi connectivity index (χ3v) is 7.56. The molecular formula is C24H32ClFN4O4S. The van der Waals surface area contributed by atoms with Crippen molar-refractivity contribution in [1.29, 1.82) is 0 Å². The molecule has 2 aromatic carbocycles. The zero-order valence-corrected chi connectivity index (χ0v) is 21.9. The first kappa shape index (κ1) is 28.5. The van der Waals surface area contributed by atoms with Gasteiger partial charge in [0.1, 0.15) is 18.4 Å². The summed E-state index contributed by atoms with van der Waals surface area (Å²) in [6, 6.07) is 10.9. The van der Waals surface area contributed by atoms with Crippen LogP contribution in [0.25, 0.3) is 0 Å². The zero-order chi connectivity index (χ0) is 26.2. The van der Waals surface area contributed by atoms with Crippen molar-refractivity contribution in [2.45, 2.75) is 39.3 Å². The summed E-state index contributed by atoms with van der Waals surface area (Å²) in [7, 11) is -1.43. The Balaban J connectivity index is 2.49. The van der Waals surface area contributed by atoms with Crippen LogP contribution in [0.2, 0.25) is 5.02 Å². The summed E-state index contributed by atoms with van der Waals surface area (Å²) in [5, 5.41) is 3.23. The maximum atomic E-state index is 13.7. The number of amides is 2. The number of anilines is 1. The van der Waals surface area contributed by atoms with Crippen LogP contribution in [0.1, 0.15) is 32.3 Å². The summed E-state index contributed by atoms with van der Waals surface area (Å²) < 4.78 is 41.5. The largest absolute Gasteiger partial charge is 0.354 e. The molecule has 0 saturated heterocycles. The van der Waals surface area contributed by atoms with E-state index in [0.717, 1.165) is 27.2 Å². The quantitative estimate of drug-likeness (QED) is 0.459. The second kappa shape index (κ2) is 12.9. The number of hydrogen-bond acceptors (Lipinski definition) is 4. The van der Waals surface area contributed by atoms with Crippen molar-refractivity contribution in [3.05, 3.63) is 64.9 Å². The molecule has 8 nitrogen and oxygen atoms in total. The molecule has 1 atom stereocenters. The SMILES string of the molecule is CCCNC(=O)C(CC)N(Cc1ccccc1Cl)C(=O)CN(c1ccc(F)cc1)S(=O)(=O)N(C)C. The Hall–Kier alpha value is -2.69. The molecule has 0 heterocycles. The van der Waals surface area contributed by atoms with Crippen LogP contribution in [0.15, 0.2) is 48.5 Å². The number of halogens is 2. The van der Waals surface area contributed by atoms with Crippen molar-refractivity contribution in [2.75, 3.05) is 31.5 Å². The zero-order valence-electron chi connectivity index (χ0n) is 20.4. The first-order valence-corrected chi connectivity index (χ1v) is 13.1. The molecule has 35 heavy (non-hydrogen) atoms. The second-order valence-corrected chi connectivity index (χ2v) is 10.6. The lowest BCUT2D eigenvalue weighted by molar-refractivity contribution is -0.140. The smallest absolute Gasteiger partial charge is 0.304 e. The standard InChI is InChI=1S/C24H32ClFN4O4S/c1-5-15-27-24(32)22(6-2)29(16-18-9-7-8-10-21(18)25)23(31)17-30(35(33,34)28(3)4)20-13-11-19(26)12-14-20/h7-14,22H,5-6,15-17H2,1-4H3,(H,27,32). The summed E-state index contributed by atoms with van der Waals surface area (Å²) in [6.07, 6.45) is 1.03. The van der Waals surface area contributed by atoms with Crippen LogP contribution in [0.4, 0.5) is 10.1 Å². The lowest BCUT2D eigenvalue weighted by Gasteiger charge is -2.34. The lowest BCUT2D eigenvalue weighted by Crippen LogP contribution is -2.53. The minimum Gasteiger partial charge on any atom is -0.354 e. The summed E-state index contributed by atoms with van der Waals surface area (Å²) >= 11 is 6.33. The van der Waals surface area contributed by atoms with Crippen molar-refractivity contribution >= 4 is 39.3 Å². The molecule has 0 bridgehead atoms. The molecule has 2 aromatic rings. The Labute approximate surface area is 211 Å². The maximum Gasteiger partial charge on any atom is 0.304 e. The van der Waals surface area contributed by atoms with Crippen molar-refractivity contribution in [1.82, 2.24) is 14.5 Å². The molecule has 192 valence electrons. The lowest BCUT2D eigenvalue weighted by atomic mass is 10.1. The van der Waals surface area contributed by atoms with E-state index in [0.29, 0.717) is 23.6 Å².